The van der Waals surface area contributed by atoms with Gasteiger partial charge < -0.3 is 32.9 Å². The van der Waals surface area contributed by atoms with Crippen LogP contribution in [0, 0.1) is 18.9 Å². The SMILES string of the molecule is Cc1oc(=O)oc1COC(=O)CC(C)(C)OC(=O)Nc1nc(F)nc2c1ncn2[C@H]1C[C@H](OC(=O)C2CCCCC2)[C@@](C)(CO)O1. The fourth-order valence-electron chi connectivity index (χ4n) is 5.57. The minimum atomic E-state index is -1.38. The molecule has 5 rings (SSSR count). The van der Waals surface area contributed by atoms with Crippen LogP contribution < -0.4 is 11.1 Å². The summed E-state index contributed by atoms with van der Waals surface area (Å²) >= 11 is 0. The van der Waals surface area contributed by atoms with Crippen LogP contribution in [0.2, 0.25) is 0 Å². The van der Waals surface area contributed by atoms with Crippen LogP contribution in [0.15, 0.2) is 20.0 Å². The van der Waals surface area contributed by atoms with E-state index in [2.05, 4.69) is 20.3 Å². The quantitative estimate of drug-likeness (QED) is 0.183. The number of hydrogen-bond acceptors (Lipinski definition) is 14. The number of fused-ring (bicyclic) bond motifs is 1. The normalized spacial score (nSPS) is 22.1. The van der Waals surface area contributed by atoms with Gasteiger partial charge in [-0.15, -0.1) is 0 Å². The molecule has 3 aromatic rings. The van der Waals surface area contributed by atoms with E-state index in [0.29, 0.717) is 0 Å². The molecule has 1 aliphatic heterocycles. The zero-order valence-corrected chi connectivity index (χ0v) is 25.9. The second kappa shape index (κ2) is 13.2. The Labute approximate surface area is 261 Å². The molecule has 2 N–H and O–H groups in total. The lowest BCUT2D eigenvalue weighted by molar-refractivity contribution is -0.169. The van der Waals surface area contributed by atoms with Gasteiger partial charge in [0.05, 0.1) is 25.3 Å². The molecule has 0 unspecified atom stereocenters. The smallest absolute Gasteiger partial charge is 0.459 e. The van der Waals surface area contributed by atoms with Gasteiger partial charge in [0.2, 0.25) is 0 Å². The number of carbonyl (C=O) groups excluding carboxylic acids is 3. The van der Waals surface area contributed by atoms with E-state index in [1.54, 1.807) is 6.92 Å². The maximum absolute atomic E-state index is 14.6. The van der Waals surface area contributed by atoms with Crippen LogP contribution in [0.5, 0.6) is 0 Å². The lowest BCUT2D eigenvalue weighted by atomic mass is 9.89. The number of aliphatic hydroxyl groups excluding tert-OH is 1. The summed E-state index contributed by atoms with van der Waals surface area (Å²) in [5, 5.41) is 12.5. The second-order valence-electron chi connectivity index (χ2n) is 12.2. The van der Waals surface area contributed by atoms with Gasteiger partial charge in [0.1, 0.15) is 23.5 Å². The first-order valence-corrected chi connectivity index (χ1v) is 14.9. The van der Waals surface area contributed by atoms with E-state index in [9.17, 15) is 28.7 Å². The van der Waals surface area contributed by atoms with Gasteiger partial charge >= 0.3 is 29.9 Å². The molecule has 46 heavy (non-hydrogen) atoms. The fourth-order valence-corrected chi connectivity index (χ4v) is 5.57. The Bertz CT molecular complexity index is 1660. The number of nitrogens with zero attached hydrogens (tertiary/aromatic N) is 4. The number of aromatic nitrogens is 4. The summed E-state index contributed by atoms with van der Waals surface area (Å²) in [5.41, 5.74) is -2.64. The average molecular weight is 650 g/mol. The monoisotopic (exact) mass is 649 g/mol. The third-order valence-electron chi connectivity index (χ3n) is 8.08. The van der Waals surface area contributed by atoms with Crippen LogP contribution in [-0.2, 0) is 35.1 Å². The molecule has 1 aliphatic carbocycles. The molecule has 1 saturated carbocycles. The zero-order chi connectivity index (χ0) is 33.2. The Kier molecular flexibility index (Phi) is 9.44. The van der Waals surface area contributed by atoms with Crippen molar-refractivity contribution in [3.05, 3.63) is 34.5 Å². The number of esters is 2. The van der Waals surface area contributed by atoms with E-state index in [-0.39, 0.29) is 59.8 Å². The predicted octanol–water partition coefficient (Wildman–Crippen LogP) is 3.44. The number of rotatable bonds is 10. The number of anilines is 1. The van der Waals surface area contributed by atoms with E-state index in [1.165, 1.54) is 31.7 Å². The second-order valence-corrected chi connectivity index (χ2v) is 12.2. The Morgan fingerprint density at radius 1 is 1.20 bits per heavy atom. The topological polar surface area (TPSA) is 207 Å². The highest BCUT2D eigenvalue weighted by Crippen LogP contribution is 2.40. The van der Waals surface area contributed by atoms with Crippen LogP contribution in [0.4, 0.5) is 15.0 Å². The molecule has 3 atom stereocenters. The molecular formula is C29H36FN5O11. The van der Waals surface area contributed by atoms with Crippen molar-refractivity contribution >= 4 is 35.0 Å². The first-order chi connectivity index (χ1) is 21.8. The number of carbonyl (C=O) groups is 3. The molecule has 17 heteroatoms. The van der Waals surface area contributed by atoms with Gasteiger partial charge in [0.25, 0.3) is 0 Å². The molecule has 0 bridgehead atoms. The van der Waals surface area contributed by atoms with Gasteiger partial charge in [0, 0.05) is 6.42 Å². The van der Waals surface area contributed by atoms with Crippen molar-refractivity contribution < 1.29 is 51.7 Å². The van der Waals surface area contributed by atoms with Gasteiger partial charge in [-0.3, -0.25) is 19.5 Å². The average Bonchev–Trinajstić information content (AvgIpc) is 3.66. The molecule has 4 heterocycles. The highest BCUT2D eigenvalue weighted by atomic mass is 19.1. The molecule has 3 aromatic heterocycles. The van der Waals surface area contributed by atoms with Crippen molar-refractivity contribution in [2.75, 3.05) is 11.9 Å². The Morgan fingerprint density at radius 3 is 2.61 bits per heavy atom. The predicted molar refractivity (Wildman–Crippen MR) is 153 cm³/mol. The van der Waals surface area contributed by atoms with Gasteiger partial charge in [-0.05, 0) is 40.5 Å². The van der Waals surface area contributed by atoms with Gasteiger partial charge in [-0.1, -0.05) is 19.3 Å². The number of hydrogen-bond donors (Lipinski definition) is 2. The first-order valence-electron chi connectivity index (χ1n) is 14.9. The minimum Gasteiger partial charge on any atom is -0.459 e. The summed E-state index contributed by atoms with van der Waals surface area (Å²) in [6.45, 7) is 5.20. The Morgan fingerprint density at radius 2 is 1.93 bits per heavy atom. The molecular weight excluding hydrogens is 613 g/mol. The molecule has 1 saturated heterocycles. The molecule has 1 amide bonds. The number of ether oxygens (including phenoxy) is 4. The van der Waals surface area contributed by atoms with Crippen molar-refractivity contribution in [3.63, 3.8) is 0 Å². The van der Waals surface area contributed by atoms with E-state index >= 15 is 0 Å². The largest absolute Gasteiger partial charge is 0.519 e. The fraction of sp³-hybridized carbons (Fsp3) is 0.621. The highest BCUT2D eigenvalue weighted by Gasteiger charge is 2.49. The van der Waals surface area contributed by atoms with Crippen LogP contribution >= 0.6 is 0 Å². The van der Waals surface area contributed by atoms with E-state index < -0.39 is 54.1 Å². The number of aliphatic hydroxyl groups is 1. The molecule has 250 valence electrons. The van der Waals surface area contributed by atoms with Crippen LogP contribution in [-0.4, -0.2) is 66.6 Å². The first kappa shape index (κ1) is 33.0. The Balaban J connectivity index is 1.24. The molecule has 0 radical (unpaired) electrons. The zero-order valence-electron chi connectivity index (χ0n) is 25.9. The van der Waals surface area contributed by atoms with Crippen LogP contribution in [0.1, 0.15) is 83.5 Å². The summed E-state index contributed by atoms with van der Waals surface area (Å²) in [4.78, 5) is 60.9. The minimum absolute atomic E-state index is 0.00416. The van der Waals surface area contributed by atoms with E-state index in [4.69, 9.17) is 27.8 Å². The third-order valence-corrected chi connectivity index (χ3v) is 8.08. The third kappa shape index (κ3) is 7.36. The maximum Gasteiger partial charge on any atom is 0.519 e. The maximum atomic E-state index is 14.6. The summed E-state index contributed by atoms with van der Waals surface area (Å²) in [6.07, 6.45) is 1.68. The van der Waals surface area contributed by atoms with Crippen molar-refractivity contribution in [2.45, 2.75) is 103 Å². The van der Waals surface area contributed by atoms with Crippen molar-refractivity contribution in [1.82, 2.24) is 19.5 Å². The number of imidazole rings is 1. The Hall–Kier alpha value is -4.38. The number of aryl methyl sites for hydroxylation is 1. The number of halogens is 1. The van der Waals surface area contributed by atoms with Crippen molar-refractivity contribution in [3.8, 4) is 0 Å². The van der Waals surface area contributed by atoms with E-state index in [0.717, 1.165) is 32.1 Å². The number of nitrogens with one attached hydrogen (secondary N) is 1. The highest BCUT2D eigenvalue weighted by molar-refractivity contribution is 5.93. The number of amides is 1. The standard InChI is InChI=1S/C29H36FN5O11/c1-15-17(43-27(40)42-15)12-41-20(37)11-28(2,3)46-26(39)33-22-21-23(34-25(30)32-22)35(14-31-21)19-10-18(29(4,13-36)45-19)44-24(38)16-8-6-5-7-9-16/h14,16,18-19,36H,5-13H2,1-4H3,(H,32,33,34,39)/t18-,19+,29+/m0/s1. The van der Waals surface area contributed by atoms with Gasteiger partial charge in [0.15, 0.2) is 35.1 Å². The molecule has 2 aliphatic rings. The van der Waals surface area contributed by atoms with E-state index in [1.807, 2.05) is 0 Å². The molecule has 0 aromatic carbocycles. The lowest BCUT2D eigenvalue weighted by Gasteiger charge is -2.29. The van der Waals surface area contributed by atoms with Gasteiger partial charge in [-0.2, -0.15) is 14.4 Å². The summed E-state index contributed by atoms with van der Waals surface area (Å²) in [7, 11) is 0. The summed E-state index contributed by atoms with van der Waals surface area (Å²) in [6, 6.07) is 0. The lowest BCUT2D eigenvalue weighted by Crippen LogP contribution is -2.43. The van der Waals surface area contributed by atoms with Crippen LogP contribution in [0.3, 0.4) is 0 Å². The van der Waals surface area contributed by atoms with Crippen LogP contribution in [0.25, 0.3) is 11.2 Å². The summed E-state index contributed by atoms with van der Waals surface area (Å²) < 4.78 is 47.9. The molecule has 16 nitrogen and oxygen atoms in total. The summed E-state index contributed by atoms with van der Waals surface area (Å²) in [5.74, 6) is -2.32. The molecule has 2 fully saturated rings. The van der Waals surface area contributed by atoms with Gasteiger partial charge in [-0.25, -0.2) is 14.6 Å². The van der Waals surface area contributed by atoms with Crippen molar-refractivity contribution in [2.24, 2.45) is 5.92 Å². The molecule has 0 spiro atoms. The van der Waals surface area contributed by atoms with Crippen molar-refractivity contribution in [1.29, 1.82) is 0 Å².